The van der Waals surface area contributed by atoms with E-state index in [1.165, 1.54) is 44.2 Å². The first-order chi connectivity index (χ1) is 12.1. The Kier molecular flexibility index (Phi) is 6.96. The van der Waals surface area contributed by atoms with Crippen molar-refractivity contribution < 1.29 is 9.05 Å². The van der Waals surface area contributed by atoms with Gasteiger partial charge in [-0.1, -0.05) is 38.5 Å². The Labute approximate surface area is 158 Å². The van der Waals surface area contributed by atoms with Crippen LogP contribution in [0.2, 0.25) is 0 Å². The highest BCUT2D eigenvalue weighted by Crippen LogP contribution is 2.52. The molecule has 3 rings (SSSR count). The van der Waals surface area contributed by atoms with Crippen molar-refractivity contribution in [3.63, 3.8) is 0 Å². The molecule has 25 heavy (non-hydrogen) atoms. The van der Waals surface area contributed by atoms with Gasteiger partial charge in [-0.05, 0) is 61.8 Å². The minimum atomic E-state index is -2.44. The Morgan fingerprint density at radius 2 is 1.24 bits per heavy atom. The first-order valence-electron chi connectivity index (χ1n) is 9.82. The topological polar surface area (TPSA) is 21.7 Å². The van der Waals surface area contributed by atoms with Gasteiger partial charge in [-0.3, -0.25) is 0 Å². The summed E-state index contributed by atoms with van der Waals surface area (Å²) in [5, 5.41) is 1.07. The molecule has 0 aromatic heterocycles. The van der Waals surface area contributed by atoms with Crippen LogP contribution in [0.1, 0.15) is 64.2 Å². The Hall–Kier alpha value is -0.410. The van der Waals surface area contributed by atoms with Gasteiger partial charge in [0.2, 0.25) is 6.49 Å². The van der Waals surface area contributed by atoms with Crippen LogP contribution < -0.4 is 10.2 Å². The van der Waals surface area contributed by atoms with Gasteiger partial charge < -0.3 is 13.9 Å². The van der Waals surface area contributed by atoms with E-state index in [4.69, 9.17) is 20.9 Å². The summed E-state index contributed by atoms with van der Waals surface area (Å²) >= 11 is 6.09. The molecule has 5 heteroatoms. The molecule has 3 nitrogen and oxygen atoms in total. The highest BCUT2D eigenvalue weighted by molar-refractivity contribution is 8.13. The van der Waals surface area contributed by atoms with Gasteiger partial charge in [0.05, 0.1) is 12.2 Å². The Morgan fingerprint density at radius 1 is 0.800 bits per heavy atom. The molecule has 140 valence electrons. The molecule has 0 aliphatic heterocycles. The van der Waals surface area contributed by atoms with Crippen LogP contribution in [-0.2, 0) is 20.9 Å². The van der Waals surface area contributed by atoms with E-state index in [1.54, 1.807) is 0 Å². The summed E-state index contributed by atoms with van der Waals surface area (Å²) in [6.07, 6.45) is 12.7. The lowest BCUT2D eigenvalue weighted by Gasteiger charge is -2.34. The first-order valence-corrected chi connectivity index (χ1v) is 12.5. The number of hydrogen-bond donors (Lipinski definition) is 0. The van der Waals surface area contributed by atoms with Crippen molar-refractivity contribution >= 4 is 29.3 Å². The van der Waals surface area contributed by atoms with Crippen LogP contribution in [0.15, 0.2) is 24.3 Å². The third kappa shape index (κ3) is 5.29. The second-order valence-corrected chi connectivity index (χ2v) is 11.0. The van der Waals surface area contributed by atoms with Crippen molar-refractivity contribution in [1.82, 2.24) is 0 Å². The van der Waals surface area contributed by atoms with Gasteiger partial charge >= 0.3 is 0 Å². The number of benzene rings is 1. The second-order valence-electron chi connectivity index (χ2n) is 7.64. The van der Waals surface area contributed by atoms with Gasteiger partial charge in [0.1, 0.15) is 0 Å². The number of rotatable bonds is 6. The molecule has 1 aromatic carbocycles. The molecule has 0 atom stereocenters. The minimum absolute atomic E-state index is 0.275. The van der Waals surface area contributed by atoms with E-state index in [-0.39, 0.29) is 12.2 Å². The fourth-order valence-corrected chi connectivity index (χ4v) is 6.92. The predicted octanol–water partition coefficient (Wildman–Crippen LogP) is 5.39. The Balaban J connectivity index is 1.80. The highest BCUT2D eigenvalue weighted by Gasteiger charge is 2.31. The molecule has 0 N–H and O–H groups in total. The molecule has 1 aromatic rings. The van der Waals surface area contributed by atoms with Crippen molar-refractivity contribution in [1.29, 1.82) is 0 Å². The van der Waals surface area contributed by atoms with Crippen molar-refractivity contribution in [2.75, 3.05) is 19.0 Å². The lowest BCUT2D eigenvalue weighted by molar-refractivity contribution is 0.106. The maximum Gasteiger partial charge on any atom is 0.220 e. The molecular weight excluding hydrogens is 349 g/mol. The van der Waals surface area contributed by atoms with E-state index in [0.717, 1.165) is 31.0 Å². The largest absolute Gasteiger partial charge is 0.378 e. The smallest absolute Gasteiger partial charge is 0.220 e. The Morgan fingerprint density at radius 3 is 1.64 bits per heavy atom. The van der Waals surface area contributed by atoms with Crippen molar-refractivity contribution in [3.05, 3.63) is 24.3 Å². The zero-order valence-electron chi connectivity index (χ0n) is 15.7. The second kappa shape index (κ2) is 8.99. The van der Waals surface area contributed by atoms with Crippen LogP contribution >= 0.6 is 6.49 Å². The summed E-state index contributed by atoms with van der Waals surface area (Å²) in [5.41, 5.74) is 1.18. The summed E-state index contributed by atoms with van der Waals surface area (Å²) < 4.78 is 13.1. The van der Waals surface area contributed by atoms with E-state index in [1.807, 2.05) is 0 Å². The van der Waals surface area contributed by atoms with Crippen LogP contribution in [0.25, 0.3) is 0 Å². The molecule has 0 bridgehead atoms. The van der Waals surface area contributed by atoms with Gasteiger partial charge in [0.25, 0.3) is 0 Å². The molecule has 2 aliphatic rings. The monoisotopic (exact) mass is 381 g/mol. The standard InChI is InChI=1S/C20H32NO2PS/c1-21(2)17-13-15-20(16-14-17)24(25,22-18-9-5-3-6-10-18)23-19-11-7-4-8-12-19/h13-16,18-19H,3-12H2,1-2H3. The molecule has 0 heterocycles. The number of anilines is 1. The fourth-order valence-electron chi connectivity index (χ4n) is 3.81. The molecule has 2 aliphatic carbocycles. The van der Waals surface area contributed by atoms with Crippen LogP contribution in [0.3, 0.4) is 0 Å². The van der Waals surface area contributed by atoms with Crippen LogP contribution in [0.4, 0.5) is 5.69 Å². The van der Waals surface area contributed by atoms with Gasteiger partial charge in [0, 0.05) is 25.1 Å². The molecular formula is C20H32NO2PS. The highest BCUT2D eigenvalue weighted by atomic mass is 32.5. The normalized spacial score (nSPS) is 20.6. The molecule has 0 unspecified atom stereocenters. The molecule has 2 saturated carbocycles. The zero-order chi connectivity index (χ0) is 17.7. The first kappa shape index (κ1) is 19.4. The summed E-state index contributed by atoms with van der Waals surface area (Å²) in [7, 11) is 4.12. The summed E-state index contributed by atoms with van der Waals surface area (Å²) in [6.45, 7) is -2.44. The van der Waals surface area contributed by atoms with Crippen LogP contribution in [0.5, 0.6) is 0 Å². The summed E-state index contributed by atoms with van der Waals surface area (Å²) in [5.74, 6) is 0. The quantitative estimate of drug-likeness (QED) is 0.616. The maximum absolute atomic E-state index is 6.56. The number of nitrogens with zero attached hydrogens (tertiary/aromatic N) is 1. The van der Waals surface area contributed by atoms with Gasteiger partial charge in [0.15, 0.2) is 0 Å². The lowest BCUT2D eigenvalue weighted by Crippen LogP contribution is -2.24. The summed E-state index contributed by atoms with van der Waals surface area (Å²) in [6, 6.07) is 8.51. The van der Waals surface area contributed by atoms with E-state index in [9.17, 15) is 0 Å². The molecule has 0 saturated heterocycles. The molecule has 0 amide bonds. The Bertz CT molecular complexity index is 554. The van der Waals surface area contributed by atoms with Crippen LogP contribution in [-0.4, -0.2) is 26.3 Å². The lowest BCUT2D eigenvalue weighted by atomic mass is 9.98. The third-order valence-corrected chi connectivity index (χ3v) is 8.59. The van der Waals surface area contributed by atoms with E-state index in [2.05, 4.69) is 43.3 Å². The van der Waals surface area contributed by atoms with E-state index >= 15 is 0 Å². The maximum atomic E-state index is 6.56. The van der Waals surface area contributed by atoms with Gasteiger partial charge in [-0.25, -0.2) is 0 Å². The fraction of sp³-hybridized carbons (Fsp3) is 0.700. The van der Waals surface area contributed by atoms with Crippen molar-refractivity contribution in [2.45, 2.75) is 76.4 Å². The van der Waals surface area contributed by atoms with Gasteiger partial charge in [-0.2, -0.15) is 0 Å². The van der Waals surface area contributed by atoms with Crippen molar-refractivity contribution in [2.24, 2.45) is 0 Å². The SMILES string of the molecule is CN(C)c1ccc(P(=S)(OC2CCCCC2)OC2CCCCC2)cc1. The van der Waals surface area contributed by atoms with E-state index < -0.39 is 6.49 Å². The average molecular weight is 382 g/mol. The van der Waals surface area contributed by atoms with Crippen LogP contribution in [0, 0.1) is 0 Å². The summed E-state index contributed by atoms with van der Waals surface area (Å²) in [4.78, 5) is 2.11. The minimum Gasteiger partial charge on any atom is -0.378 e. The average Bonchev–Trinajstić information content (AvgIpc) is 2.63. The molecule has 2 fully saturated rings. The van der Waals surface area contributed by atoms with E-state index in [0.29, 0.717) is 0 Å². The number of hydrogen-bond acceptors (Lipinski definition) is 4. The predicted molar refractivity (Wildman–Crippen MR) is 111 cm³/mol. The van der Waals surface area contributed by atoms with Crippen molar-refractivity contribution in [3.8, 4) is 0 Å². The van der Waals surface area contributed by atoms with Gasteiger partial charge in [-0.15, -0.1) is 0 Å². The molecule has 0 spiro atoms. The third-order valence-electron chi connectivity index (χ3n) is 5.36. The zero-order valence-corrected chi connectivity index (χ0v) is 17.4. The molecule has 0 radical (unpaired) electrons.